The van der Waals surface area contributed by atoms with Crippen LogP contribution in [0.2, 0.25) is 0 Å². The molecule has 9 aromatic rings. The lowest BCUT2D eigenvalue weighted by Gasteiger charge is -2.38. The Bertz CT molecular complexity index is 3080. The van der Waals surface area contributed by atoms with Gasteiger partial charge in [-0.3, -0.25) is 0 Å². The largest absolute Gasteiger partial charge is 0.309 e. The molecule has 0 bridgehead atoms. The second-order valence-corrected chi connectivity index (χ2v) is 17.2. The van der Waals surface area contributed by atoms with Crippen LogP contribution in [0.3, 0.4) is 0 Å². The van der Waals surface area contributed by atoms with Gasteiger partial charge in [0.15, 0.2) is 0 Å². The molecular weight excluding hydrogens is 723 g/mol. The van der Waals surface area contributed by atoms with Gasteiger partial charge in [-0.15, -0.1) is 0 Å². The number of hydrogen-bond acceptors (Lipinski definition) is 0. The second kappa shape index (κ2) is 13.8. The lowest BCUT2D eigenvalue weighted by atomic mass is 9.65. The highest BCUT2D eigenvalue weighted by Crippen LogP contribution is 2.65. The zero-order chi connectivity index (χ0) is 39.8. The van der Waals surface area contributed by atoms with Gasteiger partial charge in [0.05, 0.1) is 16.4 Å². The van der Waals surface area contributed by atoms with Crippen LogP contribution in [0.25, 0.3) is 55.3 Å². The van der Waals surface area contributed by atoms with E-state index in [2.05, 4.69) is 224 Å². The predicted octanol–water partition coefficient (Wildman–Crippen LogP) is 14.5. The monoisotopic (exact) mass is 767 g/mol. The highest BCUT2D eigenvalue weighted by molar-refractivity contribution is 6.09. The van der Waals surface area contributed by atoms with E-state index in [4.69, 9.17) is 0 Å². The van der Waals surface area contributed by atoms with Crippen LogP contribution in [0.1, 0.15) is 40.3 Å². The van der Waals surface area contributed by atoms with Crippen molar-refractivity contribution in [3.8, 4) is 27.9 Å². The SMILES string of the molecule is CC1C=CC2=C(c3ccccc3C23c2ccccc2-c2ccccc23)C1C(Cc1ccc(-n2c3ccccc3c3ccccc32)cc1)Cc1cccc(-c2ccccc2)c1. The molecule has 3 unspecified atom stereocenters. The summed E-state index contributed by atoms with van der Waals surface area (Å²) in [5, 5.41) is 2.58. The number of aromatic nitrogens is 1. The molecular formula is C59H45N. The van der Waals surface area contributed by atoms with Gasteiger partial charge >= 0.3 is 0 Å². The van der Waals surface area contributed by atoms with Gasteiger partial charge in [-0.05, 0) is 122 Å². The molecule has 60 heavy (non-hydrogen) atoms. The number of nitrogens with zero attached hydrogens (tertiary/aromatic N) is 1. The van der Waals surface area contributed by atoms with E-state index in [-0.39, 0.29) is 5.41 Å². The van der Waals surface area contributed by atoms with E-state index in [0.717, 1.165) is 12.8 Å². The molecule has 0 N–H and O–H groups in total. The molecule has 3 aliphatic carbocycles. The minimum Gasteiger partial charge on any atom is -0.309 e. The summed E-state index contributed by atoms with van der Waals surface area (Å²) in [4.78, 5) is 0. The Labute approximate surface area is 352 Å². The quantitative estimate of drug-likeness (QED) is 0.152. The lowest BCUT2D eigenvalue weighted by Crippen LogP contribution is -2.31. The van der Waals surface area contributed by atoms with Crippen molar-refractivity contribution in [2.75, 3.05) is 0 Å². The molecule has 3 atom stereocenters. The topological polar surface area (TPSA) is 4.93 Å². The first-order chi connectivity index (χ1) is 29.7. The van der Waals surface area contributed by atoms with E-state index in [0.29, 0.717) is 17.8 Å². The van der Waals surface area contributed by atoms with Gasteiger partial charge in [0.25, 0.3) is 0 Å². The Hall–Kier alpha value is -6.96. The maximum atomic E-state index is 2.54. The highest BCUT2D eigenvalue weighted by atomic mass is 15.0. The van der Waals surface area contributed by atoms with Gasteiger partial charge < -0.3 is 4.57 Å². The standard InChI is InChI=1S/C59H45N/c1-39-30-35-54-58(50-24-7-12-27-53(50)59(54)51-25-10-5-20-46(51)47-21-6-11-26-52(47)59)57(39)44(38-41-16-15-19-43(37-41)42-17-3-2-4-18-42)36-40-31-33-45(34-32-40)60-55-28-13-8-22-48(55)49-23-9-14-29-56(49)60/h2-35,37,39,44,57H,36,38H2,1H3. The molecule has 0 saturated carbocycles. The first-order valence-electron chi connectivity index (χ1n) is 21.6. The van der Waals surface area contributed by atoms with Gasteiger partial charge in [0.2, 0.25) is 0 Å². The molecule has 0 aliphatic heterocycles. The minimum atomic E-state index is -0.338. The van der Waals surface area contributed by atoms with Crippen LogP contribution in [0.15, 0.2) is 218 Å². The minimum absolute atomic E-state index is 0.308. The van der Waals surface area contributed by atoms with Crippen molar-refractivity contribution in [1.82, 2.24) is 4.57 Å². The summed E-state index contributed by atoms with van der Waals surface area (Å²) in [6.45, 7) is 2.47. The highest BCUT2D eigenvalue weighted by Gasteiger charge is 2.54. The fraction of sp³-hybridized carbons (Fsp3) is 0.119. The van der Waals surface area contributed by atoms with Crippen LogP contribution in [-0.2, 0) is 18.3 Å². The summed E-state index contributed by atoms with van der Waals surface area (Å²) < 4.78 is 2.43. The zero-order valence-corrected chi connectivity index (χ0v) is 33.8. The van der Waals surface area contributed by atoms with Crippen molar-refractivity contribution in [3.05, 3.63) is 251 Å². The van der Waals surface area contributed by atoms with E-state index >= 15 is 0 Å². The van der Waals surface area contributed by atoms with E-state index < -0.39 is 0 Å². The molecule has 1 heteroatoms. The van der Waals surface area contributed by atoms with Crippen LogP contribution in [0, 0.1) is 17.8 Å². The molecule has 1 heterocycles. The fourth-order valence-corrected chi connectivity index (χ4v) is 11.6. The van der Waals surface area contributed by atoms with Gasteiger partial charge in [0.1, 0.15) is 0 Å². The molecule has 8 aromatic carbocycles. The molecule has 0 radical (unpaired) electrons. The van der Waals surface area contributed by atoms with E-state index in [1.807, 2.05) is 0 Å². The van der Waals surface area contributed by atoms with Gasteiger partial charge in [-0.2, -0.15) is 0 Å². The third-order valence-electron chi connectivity index (χ3n) is 14.0. The van der Waals surface area contributed by atoms with Crippen molar-refractivity contribution < 1.29 is 0 Å². The van der Waals surface area contributed by atoms with Crippen molar-refractivity contribution in [2.24, 2.45) is 17.8 Å². The van der Waals surface area contributed by atoms with E-state index in [1.54, 1.807) is 5.57 Å². The zero-order valence-electron chi connectivity index (χ0n) is 33.8. The Morgan fingerprint density at radius 1 is 0.483 bits per heavy atom. The number of para-hydroxylation sites is 2. The van der Waals surface area contributed by atoms with Crippen molar-refractivity contribution in [3.63, 3.8) is 0 Å². The lowest BCUT2D eigenvalue weighted by molar-refractivity contribution is 0.336. The van der Waals surface area contributed by atoms with E-state index in [9.17, 15) is 0 Å². The Morgan fingerprint density at radius 3 is 1.68 bits per heavy atom. The van der Waals surface area contributed by atoms with Crippen LogP contribution in [-0.4, -0.2) is 4.57 Å². The molecule has 3 aliphatic rings. The number of fused-ring (bicyclic) bond motifs is 12. The molecule has 286 valence electrons. The average Bonchev–Trinajstić information content (AvgIpc) is 3.91. The Morgan fingerprint density at radius 2 is 1.02 bits per heavy atom. The smallest absolute Gasteiger partial charge is 0.0722 e. The molecule has 1 spiro atoms. The molecule has 0 saturated heterocycles. The maximum Gasteiger partial charge on any atom is 0.0722 e. The van der Waals surface area contributed by atoms with Gasteiger partial charge in [-0.1, -0.05) is 195 Å². The van der Waals surface area contributed by atoms with Crippen LogP contribution >= 0.6 is 0 Å². The second-order valence-electron chi connectivity index (χ2n) is 17.2. The summed E-state index contributed by atoms with van der Waals surface area (Å²) >= 11 is 0. The first-order valence-corrected chi connectivity index (χ1v) is 21.6. The van der Waals surface area contributed by atoms with E-state index in [1.165, 1.54) is 88.7 Å². The third kappa shape index (κ3) is 5.18. The first kappa shape index (κ1) is 35.0. The van der Waals surface area contributed by atoms with Crippen LogP contribution in [0.5, 0.6) is 0 Å². The summed E-state index contributed by atoms with van der Waals surface area (Å²) in [7, 11) is 0. The third-order valence-corrected chi connectivity index (χ3v) is 14.0. The predicted molar refractivity (Wildman–Crippen MR) is 250 cm³/mol. The maximum absolute atomic E-state index is 2.54. The Kier molecular flexibility index (Phi) is 8.07. The van der Waals surface area contributed by atoms with Crippen LogP contribution in [0.4, 0.5) is 0 Å². The normalized spacial score (nSPS) is 17.5. The number of rotatable bonds is 7. The molecule has 1 aromatic heterocycles. The van der Waals surface area contributed by atoms with Gasteiger partial charge in [-0.25, -0.2) is 0 Å². The molecule has 1 nitrogen and oxygen atoms in total. The number of hydrogen-bond donors (Lipinski definition) is 0. The summed E-state index contributed by atoms with van der Waals surface area (Å²) in [5.74, 6) is 1.01. The summed E-state index contributed by atoms with van der Waals surface area (Å²) in [6.07, 6.45) is 7.02. The number of benzene rings is 8. The number of allylic oxidation sites excluding steroid dienone is 4. The molecule has 0 amide bonds. The fourth-order valence-electron chi connectivity index (χ4n) is 11.6. The Balaban J connectivity index is 1.01. The average molecular weight is 768 g/mol. The van der Waals surface area contributed by atoms with Gasteiger partial charge in [0, 0.05) is 16.5 Å². The summed E-state index contributed by atoms with van der Waals surface area (Å²) in [5.41, 5.74) is 20.1. The van der Waals surface area contributed by atoms with Crippen molar-refractivity contribution >= 4 is 27.4 Å². The van der Waals surface area contributed by atoms with Crippen LogP contribution < -0.4 is 0 Å². The van der Waals surface area contributed by atoms with Crippen molar-refractivity contribution in [1.29, 1.82) is 0 Å². The molecule has 12 rings (SSSR count). The summed E-state index contributed by atoms with van der Waals surface area (Å²) in [6, 6.07) is 75.0. The molecule has 0 fully saturated rings. The van der Waals surface area contributed by atoms with Crippen molar-refractivity contribution in [2.45, 2.75) is 25.2 Å².